The quantitative estimate of drug-likeness (QED) is 0.838. The molecule has 0 aromatic carbocycles. The number of nitrogens with zero attached hydrogens (tertiary/aromatic N) is 4. The molecule has 2 aromatic rings. The lowest BCUT2D eigenvalue weighted by atomic mass is 10.4. The Kier molecular flexibility index (Phi) is 4.15. The second kappa shape index (κ2) is 5.87. The number of hydrogen-bond donors (Lipinski definition) is 2. The van der Waals surface area contributed by atoms with E-state index in [0.29, 0.717) is 0 Å². The molecule has 0 saturated heterocycles. The first-order valence-electron chi connectivity index (χ1n) is 5.90. The Labute approximate surface area is 120 Å². The molecule has 0 aliphatic heterocycles. The van der Waals surface area contributed by atoms with E-state index in [1.54, 1.807) is 0 Å². The van der Waals surface area contributed by atoms with Gasteiger partial charge >= 0.3 is 12.3 Å². The van der Waals surface area contributed by atoms with Crippen molar-refractivity contribution in [1.82, 2.24) is 19.3 Å². The smallest absolute Gasteiger partial charge is 0.480 e. The predicted molar refractivity (Wildman–Crippen MR) is 67.0 cm³/mol. The first-order chi connectivity index (χ1) is 10.3. The molecule has 2 rings (SSSR count). The number of carboxylic acid groups (broad SMARTS) is 1. The van der Waals surface area contributed by atoms with Crippen molar-refractivity contribution < 1.29 is 23.1 Å². The number of aliphatic carboxylic acids is 1. The molecule has 0 aliphatic rings. The topological polar surface area (TPSA) is 102 Å². The van der Waals surface area contributed by atoms with Gasteiger partial charge in [0.15, 0.2) is 5.82 Å². The Morgan fingerprint density at radius 3 is 2.68 bits per heavy atom. The summed E-state index contributed by atoms with van der Waals surface area (Å²) in [5.41, 5.74) is -0.646. The highest BCUT2D eigenvalue weighted by molar-refractivity contribution is 5.66. The molecule has 0 unspecified atom stereocenters. The standard InChI is InChI=1S/C11H10F3N5O3/c12-11(13,14)19-3-1-7(17-19)5-16-9-10(22)18(4-2-15-9)6-8(20)21/h1-4H,5-6H2,(H,15,16)(H,20,21). The lowest BCUT2D eigenvalue weighted by Crippen LogP contribution is -2.27. The number of anilines is 1. The zero-order chi connectivity index (χ0) is 16.3. The third-order valence-electron chi connectivity index (χ3n) is 2.56. The van der Waals surface area contributed by atoms with Crippen molar-refractivity contribution in [2.75, 3.05) is 5.32 Å². The highest BCUT2D eigenvalue weighted by Gasteiger charge is 2.31. The van der Waals surface area contributed by atoms with Gasteiger partial charge in [0, 0.05) is 18.6 Å². The van der Waals surface area contributed by atoms with Gasteiger partial charge in [-0.1, -0.05) is 0 Å². The van der Waals surface area contributed by atoms with E-state index < -0.39 is 24.4 Å². The summed E-state index contributed by atoms with van der Waals surface area (Å²) in [6.07, 6.45) is -1.46. The molecule has 118 valence electrons. The van der Waals surface area contributed by atoms with Crippen molar-refractivity contribution in [3.8, 4) is 0 Å². The molecule has 8 nitrogen and oxygen atoms in total. The highest BCUT2D eigenvalue weighted by Crippen LogP contribution is 2.20. The lowest BCUT2D eigenvalue weighted by molar-refractivity contribution is -0.212. The molecule has 0 amide bonds. The average molecular weight is 317 g/mol. The van der Waals surface area contributed by atoms with Gasteiger partial charge in [-0.05, 0) is 6.07 Å². The number of hydrogen-bond acceptors (Lipinski definition) is 5. The fourth-order valence-electron chi connectivity index (χ4n) is 1.61. The Hall–Kier alpha value is -2.85. The number of rotatable bonds is 5. The van der Waals surface area contributed by atoms with Crippen LogP contribution in [0.4, 0.5) is 19.0 Å². The molecule has 0 aliphatic carbocycles. The molecule has 2 N–H and O–H groups in total. The van der Waals surface area contributed by atoms with Gasteiger partial charge in [0.2, 0.25) is 0 Å². The summed E-state index contributed by atoms with van der Waals surface area (Å²) in [5.74, 6) is -1.38. The number of aromatic nitrogens is 4. The maximum absolute atomic E-state index is 12.4. The van der Waals surface area contributed by atoms with Crippen LogP contribution in [-0.4, -0.2) is 30.4 Å². The largest absolute Gasteiger partial charge is 0.504 e. The number of nitrogens with one attached hydrogen (secondary N) is 1. The molecule has 0 radical (unpaired) electrons. The molecule has 2 heterocycles. The number of carbonyl (C=O) groups is 1. The van der Waals surface area contributed by atoms with E-state index in [-0.39, 0.29) is 22.7 Å². The van der Waals surface area contributed by atoms with Gasteiger partial charge < -0.3 is 10.4 Å². The molecule has 0 fully saturated rings. The van der Waals surface area contributed by atoms with Crippen LogP contribution >= 0.6 is 0 Å². The summed E-state index contributed by atoms with van der Waals surface area (Å²) in [4.78, 5) is 26.2. The molecule has 0 bridgehead atoms. The molecule has 0 saturated carbocycles. The Bertz CT molecular complexity index is 737. The van der Waals surface area contributed by atoms with Crippen LogP contribution in [0.3, 0.4) is 0 Å². The van der Waals surface area contributed by atoms with E-state index in [9.17, 15) is 22.8 Å². The van der Waals surface area contributed by atoms with Crippen molar-refractivity contribution in [3.05, 3.63) is 40.7 Å². The van der Waals surface area contributed by atoms with Crippen molar-refractivity contribution in [1.29, 1.82) is 0 Å². The number of carboxylic acids is 1. The van der Waals surface area contributed by atoms with E-state index >= 15 is 0 Å². The molecular weight excluding hydrogens is 307 g/mol. The average Bonchev–Trinajstić information content (AvgIpc) is 2.88. The number of halogens is 3. The second-order valence-electron chi connectivity index (χ2n) is 4.18. The van der Waals surface area contributed by atoms with Crippen LogP contribution in [0.25, 0.3) is 0 Å². The molecule has 0 atom stereocenters. The third-order valence-corrected chi connectivity index (χ3v) is 2.56. The third kappa shape index (κ3) is 3.62. The van der Waals surface area contributed by atoms with Gasteiger partial charge in [0.1, 0.15) is 6.54 Å². The first-order valence-corrected chi connectivity index (χ1v) is 5.90. The van der Waals surface area contributed by atoms with E-state index in [2.05, 4.69) is 15.4 Å². The van der Waals surface area contributed by atoms with Crippen molar-refractivity contribution in [2.45, 2.75) is 19.4 Å². The second-order valence-corrected chi connectivity index (χ2v) is 4.18. The molecule has 0 spiro atoms. The van der Waals surface area contributed by atoms with Gasteiger partial charge in [0.05, 0.1) is 12.2 Å². The van der Waals surface area contributed by atoms with E-state index in [1.807, 2.05) is 0 Å². The molecule has 2 aromatic heterocycles. The fourth-order valence-corrected chi connectivity index (χ4v) is 1.61. The summed E-state index contributed by atoms with van der Waals surface area (Å²) in [6.45, 7) is -0.707. The fraction of sp³-hybridized carbons (Fsp3) is 0.273. The van der Waals surface area contributed by atoms with Crippen molar-refractivity contribution >= 4 is 11.8 Å². The minimum absolute atomic E-state index is 0.0483. The van der Waals surface area contributed by atoms with Gasteiger partial charge in [0.25, 0.3) is 5.56 Å². The van der Waals surface area contributed by atoms with Crippen LogP contribution in [0.1, 0.15) is 5.69 Å². The Balaban J connectivity index is 2.10. The van der Waals surface area contributed by atoms with E-state index in [4.69, 9.17) is 5.11 Å². The first kappa shape index (κ1) is 15.5. The van der Waals surface area contributed by atoms with Gasteiger partial charge in [-0.15, -0.1) is 13.2 Å². The van der Waals surface area contributed by atoms with Gasteiger partial charge in [-0.2, -0.15) is 9.78 Å². The van der Waals surface area contributed by atoms with Crippen LogP contribution in [0.2, 0.25) is 0 Å². The van der Waals surface area contributed by atoms with Crippen LogP contribution in [0, 0.1) is 0 Å². The van der Waals surface area contributed by atoms with Crippen LogP contribution in [0.15, 0.2) is 29.5 Å². The molecule has 22 heavy (non-hydrogen) atoms. The number of alkyl halides is 3. The molecule has 11 heteroatoms. The predicted octanol–water partition coefficient (Wildman–Crippen LogP) is 0.613. The zero-order valence-corrected chi connectivity index (χ0v) is 10.9. The van der Waals surface area contributed by atoms with Crippen molar-refractivity contribution in [2.24, 2.45) is 0 Å². The van der Waals surface area contributed by atoms with E-state index in [0.717, 1.165) is 16.8 Å². The summed E-state index contributed by atoms with van der Waals surface area (Å²) in [5, 5.41) is 14.5. The minimum Gasteiger partial charge on any atom is -0.480 e. The summed E-state index contributed by atoms with van der Waals surface area (Å²) < 4.78 is 37.8. The normalized spacial score (nSPS) is 11.4. The maximum atomic E-state index is 12.4. The summed E-state index contributed by atoms with van der Waals surface area (Å²) in [6, 6.07) is 1.14. The van der Waals surface area contributed by atoms with Gasteiger partial charge in [-0.25, -0.2) is 4.98 Å². The zero-order valence-electron chi connectivity index (χ0n) is 10.9. The SMILES string of the molecule is O=C(O)Cn1ccnc(NCc2ccn(C(F)(F)F)n2)c1=O. The monoisotopic (exact) mass is 317 g/mol. The highest BCUT2D eigenvalue weighted by atomic mass is 19.4. The Morgan fingerprint density at radius 2 is 2.09 bits per heavy atom. The summed E-state index contributed by atoms with van der Waals surface area (Å²) >= 11 is 0. The van der Waals surface area contributed by atoms with Crippen LogP contribution < -0.4 is 10.9 Å². The minimum atomic E-state index is -4.61. The van der Waals surface area contributed by atoms with Gasteiger partial charge in [-0.3, -0.25) is 14.2 Å². The Morgan fingerprint density at radius 1 is 1.36 bits per heavy atom. The van der Waals surface area contributed by atoms with Crippen LogP contribution in [-0.2, 0) is 24.2 Å². The van der Waals surface area contributed by atoms with Crippen molar-refractivity contribution in [3.63, 3.8) is 0 Å². The summed E-state index contributed by atoms with van der Waals surface area (Å²) in [7, 11) is 0. The molecular formula is C11H10F3N5O3. The maximum Gasteiger partial charge on any atom is 0.504 e. The van der Waals surface area contributed by atoms with E-state index in [1.165, 1.54) is 12.4 Å². The lowest BCUT2D eigenvalue weighted by Gasteiger charge is -2.07. The van der Waals surface area contributed by atoms with Crippen LogP contribution in [0.5, 0.6) is 0 Å².